The number of rotatable bonds is 7. The summed E-state index contributed by atoms with van der Waals surface area (Å²) in [6, 6.07) is 0. The number of hydrogen-bond acceptors (Lipinski definition) is 3. The molecule has 0 aliphatic rings. The number of imidazole rings is 1. The highest BCUT2D eigenvalue weighted by molar-refractivity contribution is 7.99. The minimum Gasteiger partial charge on any atom is -0.392 e. The summed E-state index contributed by atoms with van der Waals surface area (Å²) in [6.45, 7) is 7.43. The molecule has 1 heterocycles. The molecule has 0 aromatic carbocycles. The van der Waals surface area contributed by atoms with E-state index in [9.17, 15) is 5.11 Å². The lowest BCUT2D eigenvalue weighted by Crippen LogP contribution is -2.18. The molecule has 0 bridgehead atoms. The summed E-state index contributed by atoms with van der Waals surface area (Å²) in [6.07, 6.45) is 5.27. The van der Waals surface area contributed by atoms with E-state index in [0.29, 0.717) is 11.7 Å². The predicted octanol–water partition coefficient (Wildman–Crippen LogP) is 2.34. The summed E-state index contributed by atoms with van der Waals surface area (Å²) in [5, 5.41) is 10.5. The molecule has 0 fully saturated rings. The average Bonchev–Trinajstić information content (AvgIpc) is 2.63. The van der Waals surface area contributed by atoms with Crippen LogP contribution in [-0.4, -0.2) is 31.8 Å². The van der Waals surface area contributed by atoms with Gasteiger partial charge >= 0.3 is 0 Å². The van der Waals surface area contributed by atoms with Crippen LogP contribution in [0.15, 0.2) is 12.4 Å². The van der Waals surface area contributed by atoms with E-state index in [0.717, 1.165) is 24.5 Å². The van der Waals surface area contributed by atoms with Crippen LogP contribution >= 0.6 is 11.8 Å². The highest BCUT2D eigenvalue weighted by Gasteiger charge is 2.10. The largest absolute Gasteiger partial charge is 0.392 e. The van der Waals surface area contributed by atoms with Crippen molar-refractivity contribution in [2.75, 3.05) is 5.75 Å². The topological polar surface area (TPSA) is 38.0 Å². The first kappa shape index (κ1) is 13.6. The molecule has 1 aromatic heterocycles. The van der Waals surface area contributed by atoms with Gasteiger partial charge in [-0.2, -0.15) is 11.8 Å². The monoisotopic (exact) mass is 242 g/mol. The van der Waals surface area contributed by atoms with Crippen molar-refractivity contribution >= 4 is 11.8 Å². The molecule has 0 spiro atoms. The van der Waals surface area contributed by atoms with Crippen LogP contribution in [0.2, 0.25) is 0 Å². The van der Waals surface area contributed by atoms with Gasteiger partial charge in [-0.25, -0.2) is 4.98 Å². The fraction of sp³-hybridized carbons (Fsp3) is 0.750. The second-order valence-electron chi connectivity index (χ2n) is 4.28. The maximum absolute atomic E-state index is 9.89. The van der Waals surface area contributed by atoms with Crippen LogP contribution in [0.3, 0.4) is 0 Å². The Balaban J connectivity index is 2.42. The van der Waals surface area contributed by atoms with Gasteiger partial charge < -0.3 is 9.67 Å². The normalized spacial score (nSPS) is 13.3. The van der Waals surface area contributed by atoms with E-state index in [4.69, 9.17) is 0 Å². The van der Waals surface area contributed by atoms with Crippen LogP contribution in [0.1, 0.15) is 33.0 Å². The molecular formula is C12H22N2OS. The van der Waals surface area contributed by atoms with Crippen molar-refractivity contribution in [3.63, 3.8) is 0 Å². The van der Waals surface area contributed by atoms with Gasteiger partial charge in [0.2, 0.25) is 0 Å². The van der Waals surface area contributed by atoms with Crippen LogP contribution in [0.5, 0.6) is 0 Å². The number of aliphatic hydroxyl groups is 1. The number of aryl methyl sites for hydroxylation is 1. The molecule has 92 valence electrons. The van der Waals surface area contributed by atoms with Crippen molar-refractivity contribution < 1.29 is 5.11 Å². The van der Waals surface area contributed by atoms with E-state index in [1.165, 1.54) is 0 Å². The number of thioether (sulfide) groups is 1. The van der Waals surface area contributed by atoms with E-state index < -0.39 is 0 Å². The molecule has 0 aliphatic carbocycles. The first-order valence-electron chi connectivity index (χ1n) is 5.93. The van der Waals surface area contributed by atoms with E-state index in [-0.39, 0.29) is 6.10 Å². The molecule has 4 heteroatoms. The third-order valence-corrected chi connectivity index (χ3v) is 3.55. The van der Waals surface area contributed by atoms with Crippen LogP contribution < -0.4 is 0 Å². The molecule has 1 N–H and O–H groups in total. The lowest BCUT2D eigenvalue weighted by Gasteiger charge is -2.12. The maximum Gasteiger partial charge on any atom is 0.111 e. The molecule has 0 saturated carbocycles. The van der Waals surface area contributed by atoms with Gasteiger partial charge in [0, 0.05) is 31.1 Å². The fourth-order valence-corrected chi connectivity index (χ4v) is 2.27. The Hall–Kier alpha value is -0.480. The summed E-state index contributed by atoms with van der Waals surface area (Å²) in [7, 11) is 0. The van der Waals surface area contributed by atoms with Gasteiger partial charge in [0.15, 0.2) is 0 Å². The summed E-state index contributed by atoms with van der Waals surface area (Å²) < 4.78 is 2.13. The van der Waals surface area contributed by atoms with Gasteiger partial charge in [0.05, 0.1) is 6.10 Å². The molecule has 3 nitrogen and oxygen atoms in total. The zero-order valence-corrected chi connectivity index (χ0v) is 11.2. The summed E-state index contributed by atoms with van der Waals surface area (Å²) in [4.78, 5) is 4.30. The zero-order chi connectivity index (χ0) is 12.0. The second-order valence-corrected chi connectivity index (χ2v) is 5.89. The van der Waals surface area contributed by atoms with Crippen LogP contribution in [0.4, 0.5) is 0 Å². The van der Waals surface area contributed by atoms with Crippen LogP contribution in [0.25, 0.3) is 0 Å². The molecule has 0 saturated heterocycles. The molecule has 1 atom stereocenters. The number of aliphatic hydroxyl groups excluding tert-OH is 1. The highest BCUT2D eigenvalue weighted by Crippen LogP contribution is 2.13. The molecule has 0 aliphatic heterocycles. The van der Waals surface area contributed by atoms with Crippen molar-refractivity contribution in [3.05, 3.63) is 18.2 Å². The van der Waals surface area contributed by atoms with Gasteiger partial charge in [0.1, 0.15) is 5.82 Å². The van der Waals surface area contributed by atoms with Crippen molar-refractivity contribution in [1.82, 2.24) is 9.55 Å². The standard InChI is InChI=1S/C12H22N2OS/c1-4-6-14-7-5-13-12(14)8-11(15)9-16-10(2)3/h5,7,10-11,15H,4,6,8-9H2,1-3H3. The molecule has 0 amide bonds. The Bertz CT molecular complexity index is 299. The lowest BCUT2D eigenvalue weighted by molar-refractivity contribution is 0.196. The molecule has 16 heavy (non-hydrogen) atoms. The molecular weight excluding hydrogens is 220 g/mol. The van der Waals surface area contributed by atoms with Crippen molar-refractivity contribution in [2.45, 2.75) is 51.5 Å². The Morgan fingerprint density at radius 2 is 2.25 bits per heavy atom. The average molecular weight is 242 g/mol. The number of nitrogens with zero attached hydrogens (tertiary/aromatic N) is 2. The van der Waals surface area contributed by atoms with Crippen LogP contribution in [0, 0.1) is 0 Å². The van der Waals surface area contributed by atoms with Crippen molar-refractivity contribution in [1.29, 1.82) is 0 Å². The number of aromatic nitrogens is 2. The quantitative estimate of drug-likeness (QED) is 0.797. The summed E-state index contributed by atoms with van der Waals surface area (Å²) in [5.74, 6) is 1.79. The Morgan fingerprint density at radius 3 is 2.88 bits per heavy atom. The summed E-state index contributed by atoms with van der Waals surface area (Å²) >= 11 is 1.79. The van der Waals surface area contributed by atoms with Gasteiger partial charge in [-0.3, -0.25) is 0 Å². The van der Waals surface area contributed by atoms with Gasteiger partial charge in [-0.1, -0.05) is 20.8 Å². The van der Waals surface area contributed by atoms with E-state index in [1.54, 1.807) is 11.8 Å². The van der Waals surface area contributed by atoms with Crippen molar-refractivity contribution in [2.24, 2.45) is 0 Å². The zero-order valence-electron chi connectivity index (χ0n) is 10.4. The number of hydrogen-bond donors (Lipinski definition) is 1. The van der Waals surface area contributed by atoms with Crippen LogP contribution in [-0.2, 0) is 13.0 Å². The molecule has 1 rings (SSSR count). The smallest absolute Gasteiger partial charge is 0.111 e. The third kappa shape index (κ3) is 4.58. The third-order valence-electron chi connectivity index (χ3n) is 2.31. The first-order chi connectivity index (χ1) is 7.63. The Labute approximate surface area is 102 Å². The first-order valence-corrected chi connectivity index (χ1v) is 6.98. The van der Waals surface area contributed by atoms with E-state index in [2.05, 4.69) is 30.3 Å². The van der Waals surface area contributed by atoms with Gasteiger partial charge in [-0.15, -0.1) is 0 Å². The SMILES string of the molecule is CCCn1ccnc1CC(O)CSC(C)C. The van der Waals surface area contributed by atoms with Gasteiger partial charge in [-0.05, 0) is 11.7 Å². The lowest BCUT2D eigenvalue weighted by atomic mass is 10.2. The van der Waals surface area contributed by atoms with Crippen molar-refractivity contribution in [3.8, 4) is 0 Å². The molecule has 0 radical (unpaired) electrons. The fourth-order valence-electron chi connectivity index (χ4n) is 1.55. The molecule has 1 unspecified atom stereocenters. The maximum atomic E-state index is 9.89. The second kappa shape index (κ2) is 6.97. The summed E-state index contributed by atoms with van der Waals surface area (Å²) in [5.41, 5.74) is 0. The Kier molecular flexibility index (Phi) is 5.91. The minimum atomic E-state index is -0.287. The molecule has 1 aromatic rings. The van der Waals surface area contributed by atoms with E-state index in [1.807, 2.05) is 12.4 Å². The van der Waals surface area contributed by atoms with Gasteiger partial charge in [0.25, 0.3) is 0 Å². The predicted molar refractivity (Wildman–Crippen MR) is 69.8 cm³/mol. The Morgan fingerprint density at radius 1 is 1.50 bits per heavy atom. The highest BCUT2D eigenvalue weighted by atomic mass is 32.2. The van der Waals surface area contributed by atoms with E-state index >= 15 is 0 Å². The minimum absolute atomic E-state index is 0.287.